The Bertz CT molecular complexity index is 3870. The summed E-state index contributed by atoms with van der Waals surface area (Å²) in [6, 6.07) is 15.4. The molecule has 2 aromatic heterocycles. The number of alkyl carbamates (subject to hydrolysis) is 2. The number of rotatable bonds is 16. The van der Waals surface area contributed by atoms with Crippen LogP contribution < -0.4 is 31.5 Å². The minimum atomic E-state index is -3.62. The van der Waals surface area contributed by atoms with Crippen LogP contribution in [0.5, 0.6) is 0 Å². The van der Waals surface area contributed by atoms with Crippen LogP contribution in [0.3, 0.4) is 0 Å². The van der Waals surface area contributed by atoms with Gasteiger partial charge in [0.25, 0.3) is 20.4 Å². The number of aromatic nitrogens is 4. The second kappa shape index (κ2) is 40.6. The highest BCUT2D eigenvalue weighted by Gasteiger charge is 2.36. The van der Waals surface area contributed by atoms with Crippen molar-refractivity contribution >= 4 is 114 Å². The highest BCUT2D eigenvalue weighted by Crippen LogP contribution is 2.39. The zero-order valence-electron chi connectivity index (χ0n) is 65.2. The molecule has 28 nitrogen and oxygen atoms in total. The highest BCUT2D eigenvalue weighted by atomic mass is 35.5. The zero-order valence-corrected chi connectivity index (χ0v) is 70.7. The van der Waals surface area contributed by atoms with E-state index in [1.807, 2.05) is 111 Å². The van der Waals surface area contributed by atoms with Gasteiger partial charge in [0.1, 0.15) is 22.4 Å². The van der Waals surface area contributed by atoms with E-state index < -0.39 is 55.0 Å². The van der Waals surface area contributed by atoms with Crippen LogP contribution in [0.4, 0.5) is 19.2 Å². The number of amides is 4. The molecule has 5 fully saturated rings. The second-order valence-corrected chi connectivity index (χ2v) is 37.1. The Balaban J connectivity index is 0.000000241. The number of guanidine groups is 1. The number of aryl methyl sites for hydroxylation is 2. The number of carbonyl (C=O) groups is 4. The minimum Gasteiger partial charge on any atom is -0.444 e. The van der Waals surface area contributed by atoms with Gasteiger partial charge in [0.15, 0.2) is 11.1 Å². The normalized spacial score (nSPS) is 18.9. The number of halogens is 4. The van der Waals surface area contributed by atoms with Gasteiger partial charge in [-0.25, -0.2) is 28.6 Å². The predicted octanol–water partition coefficient (Wildman–Crippen LogP) is 13.6. The number of piperidine rings is 5. The molecule has 2 aromatic carbocycles. The van der Waals surface area contributed by atoms with Crippen LogP contribution in [-0.2, 0) is 53.5 Å². The Labute approximate surface area is 665 Å². The van der Waals surface area contributed by atoms with Crippen molar-refractivity contribution in [3.63, 3.8) is 0 Å². The summed E-state index contributed by atoms with van der Waals surface area (Å²) in [5.41, 5.74) is 14.2. The molecule has 5 aliphatic heterocycles. The first-order valence-corrected chi connectivity index (χ1v) is 42.0. The third-order valence-corrected chi connectivity index (χ3v) is 23.5. The summed E-state index contributed by atoms with van der Waals surface area (Å²) in [5.74, 6) is 0.456. The van der Waals surface area contributed by atoms with Gasteiger partial charge in [0.05, 0.1) is 31.5 Å². The quantitative estimate of drug-likeness (QED) is 0.0237. The largest absolute Gasteiger partial charge is 0.444 e. The fourth-order valence-corrected chi connectivity index (χ4v) is 16.9. The number of hydrogen-bond donors (Lipinski definition) is 7. The number of ether oxygens (including phenoxy) is 4. The molecule has 35 heteroatoms. The van der Waals surface area contributed by atoms with Gasteiger partial charge in [-0.1, -0.05) is 70.7 Å². The number of hydrogen-bond acceptors (Lipinski definition) is 17. The van der Waals surface area contributed by atoms with Gasteiger partial charge in [0.2, 0.25) is 0 Å². The molecule has 9 rings (SSSR count). The van der Waals surface area contributed by atoms with E-state index in [1.54, 1.807) is 58.6 Å². The van der Waals surface area contributed by atoms with Crippen molar-refractivity contribution in [1.82, 2.24) is 62.9 Å². The molecule has 3 unspecified atom stereocenters. The summed E-state index contributed by atoms with van der Waals surface area (Å²) in [5, 5.41) is 23.2. The fraction of sp³-hybridized carbons (Fsp3) is 0.671. The van der Waals surface area contributed by atoms with Crippen LogP contribution in [-0.4, -0.2) is 201 Å². The van der Waals surface area contributed by atoms with Crippen molar-refractivity contribution in [3.8, 4) is 22.5 Å². The number of benzene rings is 2. The van der Waals surface area contributed by atoms with Gasteiger partial charge in [-0.15, -0.1) is 0 Å². The van der Waals surface area contributed by atoms with E-state index in [2.05, 4.69) is 30.3 Å². The third kappa shape index (κ3) is 29.0. The summed E-state index contributed by atoms with van der Waals surface area (Å²) in [6.07, 6.45) is 12.0. The van der Waals surface area contributed by atoms with E-state index in [4.69, 9.17) is 94.4 Å². The second-order valence-electron chi connectivity index (χ2n) is 31.6. The lowest BCUT2D eigenvalue weighted by Gasteiger charge is -2.37. The molecule has 606 valence electrons. The van der Waals surface area contributed by atoms with Gasteiger partial charge in [-0.05, 0) is 229 Å². The Morgan fingerprint density at radius 1 is 0.519 bits per heavy atom. The van der Waals surface area contributed by atoms with E-state index in [0.29, 0.717) is 104 Å². The van der Waals surface area contributed by atoms with Crippen LogP contribution in [0.15, 0.2) is 48.5 Å². The van der Waals surface area contributed by atoms with Gasteiger partial charge < -0.3 is 45.1 Å². The molecule has 5 saturated heterocycles. The van der Waals surface area contributed by atoms with Crippen molar-refractivity contribution in [1.29, 1.82) is 5.41 Å². The molecular formula is C73H116Cl4N16O12S3. The van der Waals surface area contributed by atoms with Crippen molar-refractivity contribution < 1.29 is 55.0 Å². The average Bonchev–Trinajstić information content (AvgIpc) is 1.65. The third-order valence-electron chi connectivity index (χ3n) is 18.4. The maximum atomic E-state index is 13.1. The van der Waals surface area contributed by atoms with Crippen molar-refractivity contribution in [2.45, 2.75) is 238 Å². The predicted molar refractivity (Wildman–Crippen MR) is 430 cm³/mol. The molecular weight excluding hydrogens is 1530 g/mol. The SMILES string of the molecule is CC(C)(C)OC(=O)N1CCCCC1CCN.CC(C)(C)OC(=O)NC(=S)NC(=O)OC(C)(C)C.Cn1nc(-c2cccc(Cl)c2Cl)cc1C1CCN(S(=O)(=O)NCCC2CCCCN2C(=N)N)CC1.Cn1nc(-c2cccc(Cl)c2Cl)cc1C1CCN(S(=O)(=O)NCCC2CCCCN2C(=O)OC(C)(C)C)CC1. The molecule has 0 saturated carbocycles. The number of nitrogens with one attached hydrogen (secondary N) is 5. The highest BCUT2D eigenvalue weighted by molar-refractivity contribution is 7.87. The first-order valence-electron chi connectivity index (χ1n) is 37.2. The monoisotopic (exact) mass is 1640 g/mol. The zero-order chi connectivity index (χ0) is 80.3. The van der Waals surface area contributed by atoms with Gasteiger partial charge in [-0.2, -0.15) is 35.6 Å². The van der Waals surface area contributed by atoms with E-state index in [9.17, 15) is 36.0 Å². The number of likely N-dealkylation sites (tertiary alicyclic amines) is 3. The summed E-state index contributed by atoms with van der Waals surface area (Å²) in [6.45, 7) is 26.7. The molecule has 4 aromatic rings. The Kier molecular flexibility index (Phi) is 34.2. The molecule has 5 aliphatic rings. The fourth-order valence-electron chi connectivity index (χ4n) is 13.4. The number of nitrogens with zero attached hydrogens (tertiary/aromatic N) is 9. The molecule has 0 spiro atoms. The molecule has 3 atom stereocenters. The molecule has 7 heterocycles. The van der Waals surface area contributed by atoms with Crippen LogP contribution in [0.1, 0.15) is 209 Å². The molecule has 0 bridgehead atoms. The van der Waals surface area contributed by atoms with E-state index in [-0.39, 0.29) is 59.8 Å². The van der Waals surface area contributed by atoms with E-state index >= 15 is 0 Å². The summed E-state index contributed by atoms with van der Waals surface area (Å²) >= 11 is 29.9. The van der Waals surface area contributed by atoms with Crippen molar-refractivity contribution in [2.75, 3.05) is 65.4 Å². The molecule has 9 N–H and O–H groups in total. The Morgan fingerprint density at radius 3 is 1.19 bits per heavy atom. The number of thiocarbonyl (C=S) groups is 1. The summed E-state index contributed by atoms with van der Waals surface area (Å²) < 4.78 is 85.1. The van der Waals surface area contributed by atoms with Crippen molar-refractivity contribution in [3.05, 3.63) is 80.0 Å². The standard InChI is InChI=1S/C27H39Cl2N5O4S.C23H33Cl2N7O2S.C12H24N2O2.C11H20N2O4S/c1-27(2,3)38-26(35)34-15-6-5-8-20(34)11-14-30-39(36,37)33-16-12-19(13-17-33)24-18-23(31-32(24)4)21-9-7-10-22(28)25(21)29;1-30-21(15-20(29-30)18-6-4-7-19(24)22(18)25)16-9-13-31(14-10-16)35(33,34)28-11-8-17-5-2-3-12-32(17)23(26)27;1-12(2,3)16-11(15)14-9-5-4-6-10(14)7-8-13;1-10(2,3)16-8(14)12-7(18)13-9(15)17-11(4,5)6/h7,9-10,18-20,30H,5-6,8,11-17H2,1-4H3;4,6-7,15-17,28H,2-3,5,8-14H2,1H3,(H3,26,27);10H,4-9,13H2,1-3H3;1-6H3,(H2,12,13,14,15,18). The van der Waals surface area contributed by atoms with Crippen LogP contribution in [0, 0.1) is 5.41 Å². The maximum absolute atomic E-state index is 13.1. The average molecular weight is 1650 g/mol. The van der Waals surface area contributed by atoms with Crippen LogP contribution in [0.2, 0.25) is 20.1 Å². The first kappa shape index (κ1) is 91.0. The summed E-state index contributed by atoms with van der Waals surface area (Å²) in [7, 11) is -3.38. The minimum absolute atomic E-state index is 0.0333. The molecule has 0 radical (unpaired) electrons. The number of carbonyl (C=O) groups excluding carboxylic acids is 4. The van der Waals surface area contributed by atoms with Crippen LogP contribution in [0.25, 0.3) is 22.5 Å². The molecule has 108 heavy (non-hydrogen) atoms. The van der Waals surface area contributed by atoms with E-state index in [0.717, 1.165) is 105 Å². The van der Waals surface area contributed by atoms with Gasteiger partial charge >= 0.3 is 24.4 Å². The van der Waals surface area contributed by atoms with Crippen LogP contribution >= 0.6 is 58.6 Å². The topological polar surface area (TPSA) is 349 Å². The number of nitrogens with two attached hydrogens (primary N) is 2. The maximum Gasteiger partial charge on any atom is 0.413 e. The first-order chi connectivity index (χ1) is 50.3. The summed E-state index contributed by atoms with van der Waals surface area (Å²) in [4.78, 5) is 52.7. The van der Waals surface area contributed by atoms with E-state index in [1.165, 1.54) is 15.0 Å². The van der Waals surface area contributed by atoms with Gasteiger partial charge in [0, 0.05) is 125 Å². The smallest absolute Gasteiger partial charge is 0.413 e. The van der Waals surface area contributed by atoms with Crippen molar-refractivity contribution in [2.24, 2.45) is 25.6 Å². The lowest BCUT2D eigenvalue weighted by atomic mass is 9.94. The van der Waals surface area contributed by atoms with Gasteiger partial charge in [-0.3, -0.25) is 25.4 Å². The lowest BCUT2D eigenvalue weighted by molar-refractivity contribution is 0.00808. The Hall–Kier alpha value is -5.84. The molecule has 4 amide bonds. The Morgan fingerprint density at radius 2 is 0.852 bits per heavy atom. The lowest BCUT2D eigenvalue weighted by Crippen LogP contribution is -2.49. The molecule has 0 aliphatic carbocycles.